The zero-order valence-corrected chi connectivity index (χ0v) is 13.4. The van der Waals surface area contributed by atoms with E-state index in [4.69, 9.17) is 4.74 Å². The first-order chi connectivity index (χ1) is 9.54. The number of hydrogen-bond acceptors (Lipinski definition) is 4. The van der Waals surface area contributed by atoms with Crippen LogP contribution in [-0.2, 0) is 0 Å². The summed E-state index contributed by atoms with van der Waals surface area (Å²) in [6.45, 7) is 5.97. The average molecular weight is 295 g/mol. The van der Waals surface area contributed by atoms with E-state index in [1.165, 1.54) is 18.4 Å². The highest BCUT2D eigenvalue weighted by atomic mass is 32.2. The molecule has 1 atom stereocenters. The van der Waals surface area contributed by atoms with E-state index < -0.39 is 6.10 Å². The molecule has 0 aliphatic heterocycles. The molecule has 1 aliphatic carbocycles. The van der Waals surface area contributed by atoms with Crippen molar-refractivity contribution in [1.82, 2.24) is 5.32 Å². The van der Waals surface area contributed by atoms with Crippen molar-refractivity contribution in [3.8, 4) is 5.75 Å². The van der Waals surface area contributed by atoms with Crippen LogP contribution >= 0.6 is 11.8 Å². The molecule has 1 saturated carbocycles. The average Bonchev–Trinajstić information content (AvgIpc) is 3.20. The van der Waals surface area contributed by atoms with Crippen molar-refractivity contribution in [3.05, 3.63) is 29.3 Å². The molecular weight excluding hydrogens is 270 g/mol. The fourth-order valence-electron chi connectivity index (χ4n) is 2.17. The van der Waals surface area contributed by atoms with E-state index in [-0.39, 0.29) is 0 Å². The molecule has 4 heteroatoms. The number of aliphatic hydroxyl groups is 1. The second kappa shape index (κ2) is 6.83. The Morgan fingerprint density at radius 1 is 1.40 bits per heavy atom. The van der Waals surface area contributed by atoms with E-state index in [1.807, 2.05) is 37.7 Å². The van der Waals surface area contributed by atoms with Gasteiger partial charge in [-0.25, -0.2) is 0 Å². The van der Waals surface area contributed by atoms with Gasteiger partial charge in [0.1, 0.15) is 18.5 Å². The fraction of sp³-hybridized carbons (Fsp3) is 0.625. The number of nitrogens with one attached hydrogen (secondary N) is 1. The van der Waals surface area contributed by atoms with Crippen LogP contribution in [0.15, 0.2) is 18.2 Å². The smallest absolute Gasteiger partial charge is 0.122 e. The predicted octanol–water partition coefficient (Wildman–Crippen LogP) is 2.53. The van der Waals surface area contributed by atoms with E-state index in [2.05, 4.69) is 17.6 Å². The molecule has 2 N–H and O–H groups in total. The van der Waals surface area contributed by atoms with Crippen LogP contribution in [0.2, 0.25) is 0 Å². The summed E-state index contributed by atoms with van der Waals surface area (Å²) in [6, 6.07) is 6.13. The summed E-state index contributed by atoms with van der Waals surface area (Å²) < 4.78 is 6.15. The molecule has 0 spiro atoms. The van der Waals surface area contributed by atoms with Crippen LogP contribution in [0.25, 0.3) is 0 Å². The van der Waals surface area contributed by atoms with Crippen molar-refractivity contribution in [3.63, 3.8) is 0 Å². The lowest BCUT2D eigenvalue weighted by atomic mass is 10.1. The van der Waals surface area contributed by atoms with Crippen molar-refractivity contribution in [2.24, 2.45) is 0 Å². The van der Waals surface area contributed by atoms with E-state index in [0.717, 1.165) is 17.9 Å². The minimum Gasteiger partial charge on any atom is -0.491 e. The first kappa shape index (κ1) is 15.7. The molecule has 0 bridgehead atoms. The van der Waals surface area contributed by atoms with Crippen molar-refractivity contribution in [2.45, 2.75) is 37.5 Å². The van der Waals surface area contributed by atoms with Crippen LogP contribution in [-0.4, -0.2) is 41.9 Å². The molecule has 0 heterocycles. The Balaban J connectivity index is 1.69. The summed E-state index contributed by atoms with van der Waals surface area (Å²) in [5.41, 5.74) is 2.28. The van der Waals surface area contributed by atoms with Gasteiger partial charge < -0.3 is 15.2 Å². The van der Waals surface area contributed by atoms with Crippen LogP contribution in [0.4, 0.5) is 0 Å². The van der Waals surface area contributed by atoms with Gasteiger partial charge in [0.25, 0.3) is 0 Å². The summed E-state index contributed by atoms with van der Waals surface area (Å²) in [7, 11) is 0. The summed E-state index contributed by atoms with van der Waals surface area (Å²) in [5.74, 6) is 0.867. The standard InChI is InChI=1S/C16H25NO2S/c1-12-4-5-13(2)15(8-12)19-10-14(18)9-17-11-16(20-3)6-7-16/h4-5,8,14,17-18H,6-7,9-11H2,1-3H3. The third kappa shape index (κ3) is 4.40. The monoisotopic (exact) mass is 295 g/mol. The van der Waals surface area contributed by atoms with Gasteiger partial charge >= 0.3 is 0 Å². The normalized spacial score (nSPS) is 17.8. The third-order valence-electron chi connectivity index (χ3n) is 3.84. The molecule has 1 unspecified atom stereocenters. The van der Waals surface area contributed by atoms with Crippen LogP contribution in [0.3, 0.4) is 0 Å². The van der Waals surface area contributed by atoms with Gasteiger partial charge in [-0.3, -0.25) is 0 Å². The van der Waals surface area contributed by atoms with E-state index in [9.17, 15) is 5.11 Å². The van der Waals surface area contributed by atoms with Crippen molar-refractivity contribution in [1.29, 1.82) is 0 Å². The summed E-state index contributed by atoms with van der Waals surface area (Å²) in [4.78, 5) is 0. The molecule has 112 valence electrons. The SMILES string of the molecule is CSC1(CNCC(O)COc2cc(C)ccc2C)CC1. The Hall–Kier alpha value is -0.710. The highest BCUT2D eigenvalue weighted by molar-refractivity contribution is 8.00. The Morgan fingerprint density at radius 3 is 2.80 bits per heavy atom. The predicted molar refractivity (Wildman–Crippen MR) is 85.8 cm³/mol. The Morgan fingerprint density at radius 2 is 2.15 bits per heavy atom. The molecule has 1 aromatic rings. The lowest BCUT2D eigenvalue weighted by molar-refractivity contribution is 0.106. The van der Waals surface area contributed by atoms with E-state index in [1.54, 1.807) is 0 Å². The number of aryl methyl sites for hydroxylation is 2. The first-order valence-corrected chi connectivity index (χ1v) is 8.41. The second-order valence-corrected chi connectivity index (χ2v) is 7.03. The molecular formula is C16H25NO2S. The van der Waals surface area contributed by atoms with Crippen LogP contribution < -0.4 is 10.1 Å². The molecule has 0 amide bonds. The van der Waals surface area contributed by atoms with Gasteiger partial charge in [-0.05, 0) is 50.1 Å². The molecule has 0 radical (unpaired) electrons. The number of hydrogen-bond donors (Lipinski definition) is 2. The molecule has 0 saturated heterocycles. The lowest BCUT2D eigenvalue weighted by Crippen LogP contribution is -2.35. The molecule has 1 aliphatic rings. The maximum absolute atomic E-state index is 9.97. The zero-order chi connectivity index (χ0) is 14.6. The van der Waals surface area contributed by atoms with Gasteiger partial charge in [0.05, 0.1) is 0 Å². The third-order valence-corrected chi connectivity index (χ3v) is 5.26. The van der Waals surface area contributed by atoms with Gasteiger partial charge in [-0.2, -0.15) is 11.8 Å². The number of benzene rings is 1. The Labute approximate surface area is 126 Å². The van der Waals surface area contributed by atoms with Gasteiger partial charge in [0, 0.05) is 17.8 Å². The highest BCUT2D eigenvalue weighted by Crippen LogP contribution is 2.46. The van der Waals surface area contributed by atoms with Crippen LogP contribution in [0.1, 0.15) is 24.0 Å². The maximum atomic E-state index is 9.97. The van der Waals surface area contributed by atoms with Crippen LogP contribution in [0.5, 0.6) is 5.75 Å². The molecule has 0 aromatic heterocycles. The zero-order valence-electron chi connectivity index (χ0n) is 12.6. The minimum atomic E-state index is -0.465. The van der Waals surface area contributed by atoms with Gasteiger partial charge in [0.2, 0.25) is 0 Å². The fourth-order valence-corrected chi connectivity index (χ4v) is 2.92. The quantitative estimate of drug-likeness (QED) is 0.773. The Kier molecular flexibility index (Phi) is 5.35. The Bertz CT molecular complexity index is 446. The highest BCUT2D eigenvalue weighted by Gasteiger charge is 2.41. The second-order valence-electron chi connectivity index (χ2n) is 5.75. The summed E-state index contributed by atoms with van der Waals surface area (Å²) >= 11 is 1.93. The largest absolute Gasteiger partial charge is 0.491 e. The molecule has 2 rings (SSSR count). The molecule has 3 nitrogen and oxygen atoms in total. The number of ether oxygens (including phenoxy) is 1. The first-order valence-electron chi connectivity index (χ1n) is 7.19. The number of rotatable bonds is 8. The topological polar surface area (TPSA) is 41.5 Å². The maximum Gasteiger partial charge on any atom is 0.122 e. The van der Waals surface area contributed by atoms with Crippen molar-refractivity contribution < 1.29 is 9.84 Å². The van der Waals surface area contributed by atoms with Crippen LogP contribution in [0, 0.1) is 13.8 Å². The molecule has 1 aromatic carbocycles. The summed E-state index contributed by atoms with van der Waals surface area (Å²) in [6.07, 6.45) is 4.27. The molecule has 20 heavy (non-hydrogen) atoms. The number of thioether (sulfide) groups is 1. The lowest BCUT2D eigenvalue weighted by Gasteiger charge is -2.17. The van der Waals surface area contributed by atoms with Gasteiger partial charge in [-0.15, -0.1) is 0 Å². The summed E-state index contributed by atoms with van der Waals surface area (Å²) in [5, 5.41) is 13.3. The number of aliphatic hydroxyl groups excluding tert-OH is 1. The van der Waals surface area contributed by atoms with E-state index >= 15 is 0 Å². The molecule has 1 fully saturated rings. The van der Waals surface area contributed by atoms with Crippen molar-refractivity contribution >= 4 is 11.8 Å². The van der Waals surface area contributed by atoms with Crippen molar-refractivity contribution in [2.75, 3.05) is 26.0 Å². The van der Waals surface area contributed by atoms with E-state index in [0.29, 0.717) is 17.9 Å². The minimum absolute atomic E-state index is 0.337. The van der Waals surface area contributed by atoms with Gasteiger partial charge in [-0.1, -0.05) is 12.1 Å². The van der Waals surface area contributed by atoms with Gasteiger partial charge in [0.15, 0.2) is 0 Å².